The van der Waals surface area contributed by atoms with Gasteiger partial charge in [-0.05, 0) is 24.1 Å². The first-order valence-corrected chi connectivity index (χ1v) is 8.49. The molecule has 1 aromatic heterocycles. The highest BCUT2D eigenvalue weighted by atomic mass is 16.6. The lowest BCUT2D eigenvalue weighted by molar-refractivity contribution is 0.0904. The molecule has 0 aliphatic carbocycles. The fourth-order valence-electron chi connectivity index (χ4n) is 3.40. The Balaban J connectivity index is 1.33. The molecule has 2 aliphatic rings. The summed E-state index contributed by atoms with van der Waals surface area (Å²) in [6, 6.07) is 6.14. The Kier molecular flexibility index (Phi) is 4.40. The van der Waals surface area contributed by atoms with Gasteiger partial charge in [0.1, 0.15) is 13.2 Å². The molecule has 1 N–H and O–H groups in total. The Labute approximate surface area is 141 Å². The van der Waals surface area contributed by atoms with Crippen LogP contribution in [-0.2, 0) is 18.3 Å². The van der Waals surface area contributed by atoms with Crippen molar-refractivity contribution in [3.63, 3.8) is 0 Å². The normalized spacial score (nSPS) is 22.7. The van der Waals surface area contributed by atoms with E-state index in [1.807, 2.05) is 30.2 Å². The van der Waals surface area contributed by atoms with Crippen molar-refractivity contribution < 1.29 is 14.2 Å². The first-order chi connectivity index (χ1) is 11.8. The van der Waals surface area contributed by atoms with Crippen LogP contribution in [0.2, 0.25) is 0 Å². The molecule has 6 heteroatoms. The van der Waals surface area contributed by atoms with Crippen LogP contribution in [-0.4, -0.2) is 36.1 Å². The lowest BCUT2D eigenvalue weighted by Gasteiger charge is -2.20. The highest BCUT2D eigenvalue weighted by molar-refractivity contribution is 5.43. The molecule has 4 rings (SSSR count). The maximum absolute atomic E-state index is 5.91. The molecule has 2 aliphatic heterocycles. The van der Waals surface area contributed by atoms with Gasteiger partial charge in [0.25, 0.3) is 0 Å². The lowest BCUT2D eigenvalue weighted by atomic mass is 9.97. The Bertz CT molecular complexity index is 701. The average Bonchev–Trinajstić information content (AvgIpc) is 3.23. The molecule has 0 radical (unpaired) electrons. The number of benzene rings is 1. The number of nitrogens with one attached hydrogen (secondary N) is 1. The second-order valence-corrected chi connectivity index (χ2v) is 6.40. The highest BCUT2D eigenvalue weighted by Crippen LogP contribution is 2.34. The van der Waals surface area contributed by atoms with E-state index in [1.165, 1.54) is 11.1 Å². The zero-order chi connectivity index (χ0) is 16.4. The molecule has 0 bridgehead atoms. The largest absolute Gasteiger partial charge is 0.486 e. The molecule has 2 aromatic rings. The minimum atomic E-state index is 0.145. The van der Waals surface area contributed by atoms with Gasteiger partial charge in [-0.25, -0.2) is 0 Å². The van der Waals surface area contributed by atoms with Crippen LogP contribution in [0.5, 0.6) is 11.5 Å². The van der Waals surface area contributed by atoms with E-state index < -0.39 is 0 Å². The molecule has 2 atom stereocenters. The predicted octanol–water partition coefficient (Wildman–Crippen LogP) is 2.06. The Morgan fingerprint density at radius 3 is 2.92 bits per heavy atom. The van der Waals surface area contributed by atoms with E-state index in [2.05, 4.69) is 22.5 Å². The van der Waals surface area contributed by atoms with Crippen LogP contribution in [0, 0.1) is 5.92 Å². The van der Waals surface area contributed by atoms with Crippen molar-refractivity contribution in [3.8, 4) is 11.5 Å². The topological polar surface area (TPSA) is 57.5 Å². The molecule has 24 heavy (non-hydrogen) atoms. The smallest absolute Gasteiger partial charge is 0.161 e. The van der Waals surface area contributed by atoms with E-state index in [0.717, 1.165) is 37.6 Å². The Hall–Kier alpha value is -2.05. The minimum Gasteiger partial charge on any atom is -0.486 e. The van der Waals surface area contributed by atoms with Crippen LogP contribution in [0.15, 0.2) is 30.6 Å². The minimum absolute atomic E-state index is 0.145. The monoisotopic (exact) mass is 329 g/mol. The fourth-order valence-corrected chi connectivity index (χ4v) is 3.40. The fraction of sp³-hybridized carbons (Fsp3) is 0.500. The number of hydrogen-bond acceptors (Lipinski definition) is 5. The standard InChI is InChI=1S/C18H23N3O3/c1-21-12-15(11-20-21)18-14(4-5-24-18)10-19-9-13-2-3-16-17(8-13)23-7-6-22-16/h2-3,8,11-12,14,18-19H,4-7,9-10H2,1H3/t14-,18+/m0/s1. The number of aryl methyl sites for hydroxylation is 1. The van der Waals surface area contributed by atoms with Crippen molar-refractivity contribution in [2.75, 3.05) is 26.4 Å². The summed E-state index contributed by atoms with van der Waals surface area (Å²) < 4.78 is 18.9. The molecule has 0 amide bonds. The van der Waals surface area contributed by atoms with E-state index in [-0.39, 0.29) is 6.10 Å². The SMILES string of the molecule is Cn1cc([C@@H]2OCC[C@H]2CNCc2ccc3c(c2)OCCO3)cn1. The van der Waals surface area contributed by atoms with Gasteiger partial charge in [-0.2, -0.15) is 5.10 Å². The van der Waals surface area contributed by atoms with Gasteiger partial charge in [0.2, 0.25) is 0 Å². The number of nitrogens with zero attached hydrogens (tertiary/aromatic N) is 2. The van der Waals surface area contributed by atoms with Crippen molar-refractivity contribution in [2.45, 2.75) is 19.1 Å². The number of fused-ring (bicyclic) bond motifs is 1. The zero-order valence-corrected chi connectivity index (χ0v) is 13.9. The third-order valence-corrected chi connectivity index (χ3v) is 4.61. The van der Waals surface area contributed by atoms with Gasteiger partial charge >= 0.3 is 0 Å². The summed E-state index contributed by atoms with van der Waals surface area (Å²) in [5, 5.41) is 7.81. The first kappa shape index (κ1) is 15.5. The van der Waals surface area contributed by atoms with Gasteiger partial charge in [0, 0.05) is 44.4 Å². The number of aromatic nitrogens is 2. The molecular weight excluding hydrogens is 306 g/mol. The number of ether oxygens (including phenoxy) is 3. The zero-order valence-electron chi connectivity index (χ0n) is 13.9. The third kappa shape index (κ3) is 3.25. The van der Waals surface area contributed by atoms with E-state index in [9.17, 15) is 0 Å². The third-order valence-electron chi connectivity index (χ3n) is 4.61. The van der Waals surface area contributed by atoms with E-state index >= 15 is 0 Å². The van der Waals surface area contributed by atoms with Gasteiger partial charge in [0.05, 0.1) is 12.3 Å². The van der Waals surface area contributed by atoms with Crippen molar-refractivity contribution in [1.29, 1.82) is 0 Å². The quantitative estimate of drug-likeness (QED) is 0.910. The van der Waals surface area contributed by atoms with Gasteiger partial charge in [-0.3, -0.25) is 4.68 Å². The molecule has 1 saturated heterocycles. The molecule has 0 unspecified atom stereocenters. The number of rotatable bonds is 5. The average molecular weight is 329 g/mol. The molecule has 0 saturated carbocycles. The molecule has 3 heterocycles. The first-order valence-electron chi connectivity index (χ1n) is 8.49. The van der Waals surface area contributed by atoms with E-state index in [4.69, 9.17) is 14.2 Å². The van der Waals surface area contributed by atoms with Gasteiger partial charge in [0.15, 0.2) is 11.5 Å². The molecular formula is C18H23N3O3. The molecule has 1 fully saturated rings. The van der Waals surface area contributed by atoms with Crippen molar-refractivity contribution in [1.82, 2.24) is 15.1 Å². The van der Waals surface area contributed by atoms with Crippen LogP contribution < -0.4 is 14.8 Å². The highest BCUT2D eigenvalue weighted by Gasteiger charge is 2.30. The maximum Gasteiger partial charge on any atom is 0.161 e. The molecule has 0 spiro atoms. The summed E-state index contributed by atoms with van der Waals surface area (Å²) in [6.45, 7) is 3.80. The summed E-state index contributed by atoms with van der Waals surface area (Å²) in [4.78, 5) is 0. The number of hydrogen-bond donors (Lipinski definition) is 1. The van der Waals surface area contributed by atoms with Gasteiger partial charge < -0.3 is 19.5 Å². The van der Waals surface area contributed by atoms with Crippen LogP contribution in [0.4, 0.5) is 0 Å². The van der Waals surface area contributed by atoms with Crippen LogP contribution in [0.3, 0.4) is 0 Å². The van der Waals surface area contributed by atoms with Gasteiger partial charge in [-0.1, -0.05) is 6.07 Å². The molecule has 6 nitrogen and oxygen atoms in total. The summed E-state index contributed by atoms with van der Waals surface area (Å²) in [5.41, 5.74) is 2.37. The van der Waals surface area contributed by atoms with Crippen molar-refractivity contribution in [2.24, 2.45) is 13.0 Å². The Morgan fingerprint density at radius 1 is 1.21 bits per heavy atom. The summed E-state index contributed by atoms with van der Waals surface area (Å²) in [5.74, 6) is 2.16. The second kappa shape index (κ2) is 6.83. The van der Waals surface area contributed by atoms with Crippen LogP contribution in [0.1, 0.15) is 23.7 Å². The van der Waals surface area contributed by atoms with Crippen LogP contribution >= 0.6 is 0 Å². The molecule has 1 aromatic carbocycles. The van der Waals surface area contributed by atoms with Gasteiger partial charge in [-0.15, -0.1) is 0 Å². The summed E-state index contributed by atoms with van der Waals surface area (Å²) in [7, 11) is 1.94. The van der Waals surface area contributed by atoms with Crippen molar-refractivity contribution in [3.05, 3.63) is 41.7 Å². The predicted molar refractivity (Wildman–Crippen MR) is 89.1 cm³/mol. The second-order valence-electron chi connectivity index (χ2n) is 6.40. The lowest BCUT2D eigenvalue weighted by Crippen LogP contribution is -2.24. The maximum atomic E-state index is 5.91. The van der Waals surface area contributed by atoms with Crippen molar-refractivity contribution >= 4 is 0 Å². The van der Waals surface area contributed by atoms with E-state index in [1.54, 1.807) is 0 Å². The van der Waals surface area contributed by atoms with Crippen LogP contribution in [0.25, 0.3) is 0 Å². The van der Waals surface area contributed by atoms with E-state index in [0.29, 0.717) is 19.1 Å². The summed E-state index contributed by atoms with van der Waals surface area (Å²) >= 11 is 0. The molecule has 128 valence electrons. The summed E-state index contributed by atoms with van der Waals surface area (Å²) in [6.07, 6.45) is 5.17. The Morgan fingerprint density at radius 2 is 2.08 bits per heavy atom.